The first-order chi connectivity index (χ1) is 16.2. The maximum absolute atomic E-state index is 13.2. The second-order valence-corrected chi connectivity index (χ2v) is 10.4. The molecule has 34 heavy (non-hydrogen) atoms. The van der Waals surface area contributed by atoms with Gasteiger partial charge in [-0.2, -0.15) is 0 Å². The van der Waals surface area contributed by atoms with E-state index in [1.54, 1.807) is 15.5 Å². The first-order valence-corrected chi connectivity index (χ1v) is 12.5. The van der Waals surface area contributed by atoms with Gasteiger partial charge in [0, 0.05) is 39.8 Å². The number of fused-ring (bicyclic) bond motifs is 1. The molecule has 176 valence electrons. The van der Waals surface area contributed by atoms with Crippen molar-refractivity contribution in [3.8, 4) is 0 Å². The number of carbonyl (C=O) groups excluding carboxylic acids is 4. The lowest BCUT2D eigenvalue weighted by Gasteiger charge is -2.38. The van der Waals surface area contributed by atoms with Gasteiger partial charge in [0.05, 0.1) is 16.6 Å². The Kier molecular flexibility index (Phi) is 7.13. The van der Waals surface area contributed by atoms with Crippen LogP contribution in [0.1, 0.15) is 38.4 Å². The van der Waals surface area contributed by atoms with Gasteiger partial charge < -0.3 is 14.8 Å². The van der Waals surface area contributed by atoms with Gasteiger partial charge in [0.15, 0.2) is 11.6 Å². The van der Waals surface area contributed by atoms with Gasteiger partial charge in [0.25, 0.3) is 0 Å². The monoisotopic (exact) mass is 541 g/mol. The van der Waals surface area contributed by atoms with Gasteiger partial charge in [-0.05, 0) is 55.8 Å². The third-order valence-electron chi connectivity index (χ3n) is 5.79. The minimum Gasteiger partial charge on any atom is -0.348 e. The molecule has 1 aliphatic rings. The minimum atomic E-state index is -0.213. The van der Waals surface area contributed by atoms with E-state index in [1.165, 1.54) is 24.3 Å². The van der Waals surface area contributed by atoms with Gasteiger partial charge in [0.1, 0.15) is 6.54 Å². The van der Waals surface area contributed by atoms with E-state index in [-0.39, 0.29) is 42.4 Å². The van der Waals surface area contributed by atoms with E-state index < -0.39 is 0 Å². The summed E-state index contributed by atoms with van der Waals surface area (Å²) in [7, 11) is 0. The molecule has 1 aromatic carbocycles. The summed E-state index contributed by atoms with van der Waals surface area (Å²) in [6.07, 6.45) is 2.07. The highest BCUT2D eigenvalue weighted by atomic mass is 79.9. The fraction of sp³-hybridized carbons (Fsp3) is 0.280. The molecule has 0 saturated carbocycles. The van der Waals surface area contributed by atoms with Crippen molar-refractivity contribution in [1.29, 1.82) is 0 Å². The molecule has 0 aliphatic carbocycles. The smallest absolute Gasteiger partial charge is 0.246 e. The average molecular weight is 542 g/mol. The zero-order chi connectivity index (χ0) is 24.4. The van der Waals surface area contributed by atoms with Gasteiger partial charge in [-0.15, -0.1) is 11.3 Å². The number of aryl methyl sites for hydroxylation is 1. The molecule has 9 heteroatoms. The number of thiophene rings is 1. The van der Waals surface area contributed by atoms with Gasteiger partial charge in [0.2, 0.25) is 11.8 Å². The number of nitrogens with one attached hydrogen (secondary N) is 1. The number of ketones is 2. The summed E-state index contributed by atoms with van der Waals surface area (Å²) in [6.45, 7) is 5.91. The fourth-order valence-corrected chi connectivity index (χ4v) is 5.29. The van der Waals surface area contributed by atoms with Gasteiger partial charge in [-0.3, -0.25) is 19.2 Å². The highest BCUT2D eigenvalue weighted by Crippen LogP contribution is 2.26. The average Bonchev–Trinajstić information content (AvgIpc) is 3.39. The van der Waals surface area contributed by atoms with Crippen molar-refractivity contribution in [1.82, 2.24) is 14.8 Å². The summed E-state index contributed by atoms with van der Waals surface area (Å²) >= 11 is 4.87. The molecule has 3 aromatic rings. The van der Waals surface area contributed by atoms with E-state index in [1.807, 2.05) is 30.3 Å². The summed E-state index contributed by atoms with van der Waals surface area (Å²) in [5.41, 5.74) is 1.28. The predicted octanol–water partition coefficient (Wildman–Crippen LogP) is 4.00. The summed E-state index contributed by atoms with van der Waals surface area (Å²) in [5.74, 6) is -0.414. The molecule has 0 spiro atoms. The summed E-state index contributed by atoms with van der Waals surface area (Å²) < 4.78 is 2.64. The van der Waals surface area contributed by atoms with E-state index in [4.69, 9.17) is 0 Å². The first-order valence-electron chi connectivity index (χ1n) is 10.9. The zero-order valence-corrected chi connectivity index (χ0v) is 21.1. The molecule has 0 atom stereocenters. The number of carbonyl (C=O) groups is 4. The molecule has 1 saturated heterocycles. The Bertz CT molecular complexity index is 1300. The minimum absolute atomic E-state index is 0.00555. The van der Waals surface area contributed by atoms with E-state index >= 15 is 0 Å². The Hall–Kier alpha value is -3.04. The second-order valence-electron chi connectivity index (χ2n) is 8.28. The Morgan fingerprint density at radius 2 is 1.94 bits per heavy atom. The largest absolute Gasteiger partial charge is 0.348 e. The van der Waals surface area contributed by atoms with Crippen LogP contribution in [-0.4, -0.2) is 52.0 Å². The van der Waals surface area contributed by atoms with Crippen molar-refractivity contribution in [2.75, 3.05) is 13.1 Å². The highest BCUT2D eigenvalue weighted by molar-refractivity contribution is 9.10. The van der Waals surface area contributed by atoms with E-state index in [9.17, 15) is 19.2 Å². The van der Waals surface area contributed by atoms with Crippen molar-refractivity contribution >= 4 is 61.6 Å². The Morgan fingerprint density at radius 3 is 2.62 bits per heavy atom. The van der Waals surface area contributed by atoms with Crippen LogP contribution in [0.15, 0.2) is 53.5 Å². The van der Waals surface area contributed by atoms with Gasteiger partial charge in [-0.1, -0.05) is 22.5 Å². The first kappa shape index (κ1) is 24.1. The number of nitrogens with zero attached hydrogens (tertiary/aromatic N) is 2. The number of hydrogen-bond acceptors (Lipinski definition) is 5. The van der Waals surface area contributed by atoms with Crippen LogP contribution in [0.25, 0.3) is 10.9 Å². The van der Waals surface area contributed by atoms with Crippen LogP contribution in [-0.2, 0) is 22.6 Å². The summed E-state index contributed by atoms with van der Waals surface area (Å²) in [6, 6.07) is 11.1. The molecule has 0 bridgehead atoms. The van der Waals surface area contributed by atoms with Crippen LogP contribution in [0, 0.1) is 0 Å². The number of Topliss-reactive ketones (excluding diaryl/α,β-unsaturated/α-hetero) is 2. The molecule has 2 amide bonds. The molecule has 1 fully saturated rings. The quantitative estimate of drug-likeness (QED) is 0.327. The van der Waals surface area contributed by atoms with Crippen molar-refractivity contribution in [3.63, 3.8) is 0 Å². The molecular formula is C25H24BrN3O4S. The number of benzene rings is 1. The molecule has 7 nitrogen and oxygen atoms in total. The Morgan fingerprint density at radius 1 is 1.18 bits per heavy atom. The van der Waals surface area contributed by atoms with Crippen LogP contribution in [0.2, 0.25) is 0 Å². The number of likely N-dealkylation sites (tertiary alicyclic amines) is 1. The Labute approximate surface area is 209 Å². The van der Waals surface area contributed by atoms with E-state index in [2.05, 4.69) is 27.8 Å². The number of rotatable bonds is 9. The third kappa shape index (κ3) is 5.20. The van der Waals surface area contributed by atoms with Crippen molar-refractivity contribution in [3.05, 3.63) is 69.0 Å². The third-order valence-corrected chi connectivity index (χ3v) is 7.53. The van der Waals surface area contributed by atoms with Crippen LogP contribution in [0.4, 0.5) is 0 Å². The number of halogens is 1. The Balaban J connectivity index is 1.48. The molecule has 1 N–H and O–H groups in total. The van der Waals surface area contributed by atoms with Crippen LogP contribution >= 0.6 is 27.3 Å². The normalized spacial score (nSPS) is 13.5. The molecule has 0 unspecified atom stereocenters. The lowest BCUT2D eigenvalue weighted by atomic mass is 10.1. The number of aromatic nitrogens is 1. The maximum atomic E-state index is 13.2. The van der Waals surface area contributed by atoms with E-state index in [0.717, 1.165) is 20.3 Å². The summed E-state index contributed by atoms with van der Waals surface area (Å²) in [5, 5.41) is 3.81. The molecule has 2 aromatic heterocycles. The van der Waals surface area contributed by atoms with Gasteiger partial charge in [-0.25, -0.2) is 0 Å². The summed E-state index contributed by atoms with van der Waals surface area (Å²) in [4.78, 5) is 52.4. The topological polar surface area (TPSA) is 88.5 Å². The van der Waals surface area contributed by atoms with Crippen LogP contribution in [0.3, 0.4) is 0 Å². The second kappa shape index (κ2) is 10.1. The zero-order valence-electron chi connectivity index (χ0n) is 18.7. The van der Waals surface area contributed by atoms with Crippen molar-refractivity contribution < 1.29 is 19.2 Å². The van der Waals surface area contributed by atoms with Crippen molar-refractivity contribution in [2.45, 2.75) is 32.4 Å². The van der Waals surface area contributed by atoms with Crippen LogP contribution in [0.5, 0.6) is 0 Å². The lowest BCUT2D eigenvalue weighted by Crippen LogP contribution is -2.61. The molecule has 0 radical (unpaired) electrons. The van der Waals surface area contributed by atoms with E-state index in [0.29, 0.717) is 30.1 Å². The number of hydrogen-bond donors (Lipinski definition) is 1. The number of amides is 2. The predicted molar refractivity (Wildman–Crippen MR) is 135 cm³/mol. The molecule has 3 heterocycles. The molecular weight excluding hydrogens is 518 g/mol. The molecule has 4 rings (SSSR count). The standard InChI is InChI=1S/C25H24BrN3O4S/c1-3-25(33)28-12-18(13-28)27-24(32)14-29-20-7-4-17(26)10-16(20)11-21(29)22(31)8-5-19-6-9-23(34-19)15(2)30/h3-4,6-7,9-11,18H,1,5,8,12-14H2,2H3,(H,27,32). The maximum Gasteiger partial charge on any atom is 0.246 e. The fourth-order valence-electron chi connectivity index (χ4n) is 4.01. The molecule has 1 aliphatic heterocycles. The lowest BCUT2D eigenvalue weighted by molar-refractivity contribution is -0.133. The highest BCUT2D eigenvalue weighted by Gasteiger charge is 2.30. The van der Waals surface area contributed by atoms with Crippen molar-refractivity contribution in [2.24, 2.45) is 0 Å². The van der Waals surface area contributed by atoms with Gasteiger partial charge >= 0.3 is 0 Å². The van der Waals surface area contributed by atoms with Crippen LogP contribution < -0.4 is 5.32 Å². The SMILES string of the molecule is C=CC(=O)N1CC(NC(=O)Cn2c(C(=O)CCc3ccc(C(C)=O)s3)cc3cc(Br)ccc32)C1.